The van der Waals surface area contributed by atoms with Crippen molar-refractivity contribution in [3.8, 4) is 0 Å². The molecule has 0 radical (unpaired) electrons. The monoisotopic (exact) mass is 317 g/mol. The third-order valence-corrected chi connectivity index (χ3v) is 2.63. The van der Waals surface area contributed by atoms with E-state index in [1.54, 1.807) is 0 Å². The number of alkyl halides is 3. The van der Waals surface area contributed by atoms with Gasteiger partial charge in [-0.2, -0.15) is 13.2 Å². The molecule has 0 N–H and O–H groups in total. The lowest BCUT2D eigenvalue weighted by Gasteiger charge is -2.14. The van der Waals surface area contributed by atoms with Crippen molar-refractivity contribution in [1.29, 1.82) is 0 Å². The molecule has 0 aliphatic heterocycles. The van der Waals surface area contributed by atoms with Crippen molar-refractivity contribution in [3.05, 3.63) is 33.8 Å². The summed E-state index contributed by atoms with van der Waals surface area (Å²) in [5.74, 6) is 0. The number of halogens is 5. The molecule has 0 aromatic heterocycles. The van der Waals surface area contributed by atoms with Gasteiger partial charge in [0.05, 0.1) is 5.56 Å². The largest absolute Gasteiger partial charge is 0.416 e. The molecule has 0 spiro atoms. The molecule has 0 bridgehead atoms. The molecule has 6 heteroatoms. The van der Waals surface area contributed by atoms with E-state index in [1.807, 2.05) is 19.0 Å². The molecular formula is C10H12BrClF3N. The number of rotatable bonds is 2. The fourth-order valence-electron chi connectivity index (χ4n) is 1.21. The quantitative estimate of drug-likeness (QED) is 0.798. The van der Waals surface area contributed by atoms with Crippen molar-refractivity contribution < 1.29 is 13.2 Å². The Morgan fingerprint density at radius 2 is 1.81 bits per heavy atom. The molecule has 1 rings (SSSR count). The highest BCUT2D eigenvalue weighted by Crippen LogP contribution is 2.32. The summed E-state index contributed by atoms with van der Waals surface area (Å²) in [5, 5.41) is 0. The zero-order valence-electron chi connectivity index (χ0n) is 8.81. The molecule has 16 heavy (non-hydrogen) atoms. The number of nitrogens with zero attached hydrogens (tertiary/aromatic N) is 1. The summed E-state index contributed by atoms with van der Waals surface area (Å²) in [5.41, 5.74) is 0.0253. The Balaban J connectivity index is 0.00000225. The van der Waals surface area contributed by atoms with Gasteiger partial charge in [0.25, 0.3) is 0 Å². The fourth-order valence-corrected chi connectivity index (χ4v) is 1.58. The van der Waals surface area contributed by atoms with Crippen molar-refractivity contribution in [1.82, 2.24) is 4.90 Å². The van der Waals surface area contributed by atoms with E-state index in [2.05, 4.69) is 15.9 Å². The molecule has 1 aromatic carbocycles. The Morgan fingerprint density at radius 3 is 2.25 bits per heavy atom. The van der Waals surface area contributed by atoms with Gasteiger partial charge in [-0.1, -0.05) is 15.9 Å². The second-order valence-corrected chi connectivity index (χ2v) is 4.40. The van der Waals surface area contributed by atoms with Crippen molar-refractivity contribution in [2.24, 2.45) is 0 Å². The van der Waals surface area contributed by atoms with Gasteiger partial charge in [0.2, 0.25) is 0 Å². The molecule has 0 aliphatic carbocycles. The molecule has 0 amide bonds. The van der Waals surface area contributed by atoms with Crippen LogP contribution in [0.1, 0.15) is 11.1 Å². The maximum atomic E-state index is 12.4. The highest BCUT2D eigenvalue weighted by Gasteiger charge is 2.30. The van der Waals surface area contributed by atoms with Crippen LogP contribution in [0, 0.1) is 0 Å². The fraction of sp³-hybridized carbons (Fsp3) is 0.400. The van der Waals surface area contributed by atoms with Gasteiger partial charge < -0.3 is 4.90 Å². The first-order chi connectivity index (χ1) is 6.80. The highest BCUT2D eigenvalue weighted by atomic mass is 79.9. The lowest BCUT2D eigenvalue weighted by Crippen LogP contribution is -2.13. The standard InChI is InChI=1S/C10H11BrF3N.ClH/c1-15(2)6-7-5-8(10(12,13)14)3-4-9(7)11;/h3-5H,6H2,1-2H3;1H. The van der Waals surface area contributed by atoms with Crippen LogP contribution in [0.2, 0.25) is 0 Å². The van der Waals surface area contributed by atoms with Gasteiger partial charge in [-0.3, -0.25) is 0 Å². The van der Waals surface area contributed by atoms with Crippen LogP contribution in [0.25, 0.3) is 0 Å². The Morgan fingerprint density at radius 1 is 1.25 bits per heavy atom. The average molecular weight is 319 g/mol. The first-order valence-corrected chi connectivity index (χ1v) is 5.10. The van der Waals surface area contributed by atoms with E-state index in [0.717, 1.165) is 6.07 Å². The summed E-state index contributed by atoms with van der Waals surface area (Å²) >= 11 is 3.23. The van der Waals surface area contributed by atoms with Gasteiger partial charge in [-0.15, -0.1) is 12.4 Å². The van der Waals surface area contributed by atoms with E-state index in [1.165, 1.54) is 12.1 Å². The van der Waals surface area contributed by atoms with Crippen molar-refractivity contribution >= 4 is 28.3 Å². The molecule has 0 saturated heterocycles. The number of hydrogen-bond donors (Lipinski definition) is 0. The topological polar surface area (TPSA) is 3.24 Å². The minimum absolute atomic E-state index is 0. The first kappa shape index (κ1) is 15.7. The van der Waals surface area contributed by atoms with Crippen LogP contribution < -0.4 is 0 Å². The summed E-state index contributed by atoms with van der Waals surface area (Å²) in [4.78, 5) is 1.82. The van der Waals surface area contributed by atoms with E-state index >= 15 is 0 Å². The maximum Gasteiger partial charge on any atom is 0.416 e. The molecule has 0 atom stereocenters. The SMILES string of the molecule is CN(C)Cc1cc(C(F)(F)F)ccc1Br.Cl. The smallest absolute Gasteiger partial charge is 0.305 e. The predicted molar refractivity (Wildman–Crippen MR) is 63.8 cm³/mol. The average Bonchev–Trinajstić information content (AvgIpc) is 2.06. The number of benzene rings is 1. The third-order valence-electron chi connectivity index (χ3n) is 1.86. The Hall–Kier alpha value is -0.260. The zero-order valence-corrected chi connectivity index (χ0v) is 11.2. The molecule has 1 nitrogen and oxygen atoms in total. The summed E-state index contributed by atoms with van der Waals surface area (Å²) in [7, 11) is 3.62. The van der Waals surface area contributed by atoms with Crippen LogP contribution in [0.5, 0.6) is 0 Å². The van der Waals surface area contributed by atoms with Gasteiger partial charge in [0.1, 0.15) is 0 Å². The normalized spacial score (nSPS) is 11.4. The summed E-state index contributed by atoms with van der Waals surface area (Å²) < 4.78 is 37.9. The van der Waals surface area contributed by atoms with E-state index in [9.17, 15) is 13.2 Å². The van der Waals surface area contributed by atoms with Crippen LogP contribution in [0.15, 0.2) is 22.7 Å². The van der Waals surface area contributed by atoms with Crippen LogP contribution in [-0.4, -0.2) is 19.0 Å². The van der Waals surface area contributed by atoms with Crippen molar-refractivity contribution in [3.63, 3.8) is 0 Å². The summed E-state index contributed by atoms with van der Waals surface area (Å²) in [6, 6.07) is 3.68. The molecule has 92 valence electrons. The minimum Gasteiger partial charge on any atom is -0.305 e. The minimum atomic E-state index is -4.28. The first-order valence-electron chi connectivity index (χ1n) is 4.31. The molecule has 0 saturated carbocycles. The number of hydrogen-bond acceptors (Lipinski definition) is 1. The van der Waals surface area contributed by atoms with Gasteiger partial charge in [-0.05, 0) is 37.9 Å². The van der Waals surface area contributed by atoms with E-state index in [0.29, 0.717) is 16.6 Å². The third kappa shape index (κ3) is 4.31. The second-order valence-electron chi connectivity index (χ2n) is 3.54. The van der Waals surface area contributed by atoms with Gasteiger partial charge in [0, 0.05) is 11.0 Å². The summed E-state index contributed by atoms with van der Waals surface area (Å²) in [6.07, 6.45) is -4.28. The molecule has 1 aromatic rings. The lowest BCUT2D eigenvalue weighted by atomic mass is 10.1. The van der Waals surface area contributed by atoms with Crippen LogP contribution in [-0.2, 0) is 12.7 Å². The maximum absolute atomic E-state index is 12.4. The second kappa shape index (κ2) is 5.89. The van der Waals surface area contributed by atoms with E-state index in [4.69, 9.17) is 0 Å². The lowest BCUT2D eigenvalue weighted by molar-refractivity contribution is -0.137. The van der Waals surface area contributed by atoms with E-state index < -0.39 is 11.7 Å². The van der Waals surface area contributed by atoms with Crippen LogP contribution >= 0.6 is 28.3 Å². The Labute approximate surface area is 107 Å². The van der Waals surface area contributed by atoms with Crippen LogP contribution in [0.3, 0.4) is 0 Å². The Bertz CT molecular complexity index is 352. The highest BCUT2D eigenvalue weighted by molar-refractivity contribution is 9.10. The molecule has 0 fully saturated rings. The van der Waals surface area contributed by atoms with E-state index in [-0.39, 0.29) is 12.4 Å². The molecular weight excluding hydrogens is 306 g/mol. The molecule has 0 unspecified atom stereocenters. The molecule has 0 aliphatic rings. The summed E-state index contributed by atoms with van der Waals surface area (Å²) in [6.45, 7) is 0.477. The van der Waals surface area contributed by atoms with Crippen molar-refractivity contribution in [2.45, 2.75) is 12.7 Å². The van der Waals surface area contributed by atoms with Crippen molar-refractivity contribution in [2.75, 3.05) is 14.1 Å². The predicted octanol–water partition coefficient (Wildman–Crippen LogP) is 3.95. The van der Waals surface area contributed by atoms with Crippen LogP contribution in [0.4, 0.5) is 13.2 Å². The Kier molecular flexibility index (Phi) is 5.79. The van der Waals surface area contributed by atoms with Gasteiger partial charge in [-0.25, -0.2) is 0 Å². The van der Waals surface area contributed by atoms with Gasteiger partial charge >= 0.3 is 6.18 Å². The zero-order chi connectivity index (χ0) is 11.6. The van der Waals surface area contributed by atoms with Gasteiger partial charge in [0.15, 0.2) is 0 Å². The molecule has 0 heterocycles.